The first-order chi connectivity index (χ1) is 11.1. The van der Waals surface area contributed by atoms with Crippen LogP contribution in [0.4, 0.5) is 4.79 Å². The Kier molecular flexibility index (Phi) is 6.20. The van der Waals surface area contributed by atoms with Crippen molar-refractivity contribution in [1.82, 2.24) is 10.2 Å². The standard InChI is InChI=1S/C18H24N2O3/c1-3-23-18(22)20-11-9-16(10-12-20)19-17(21)8-7-15-6-4-5-14(2)13-15/h4-8,13,16H,3,9-12H2,1-2H3,(H,19,21)/b8-7+. The molecule has 0 aromatic heterocycles. The number of carbonyl (C=O) groups excluding carboxylic acids is 2. The van der Waals surface area contributed by atoms with E-state index in [1.54, 1.807) is 17.9 Å². The van der Waals surface area contributed by atoms with Gasteiger partial charge in [0.05, 0.1) is 6.61 Å². The van der Waals surface area contributed by atoms with Crippen LogP contribution in [0.5, 0.6) is 0 Å². The van der Waals surface area contributed by atoms with Crippen LogP contribution in [-0.2, 0) is 9.53 Å². The molecule has 0 aliphatic carbocycles. The van der Waals surface area contributed by atoms with Gasteiger partial charge in [-0.15, -0.1) is 0 Å². The van der Waals surface area contributed by atoms with Crippen molar-refractivity contribution in [3.63, 3.8) is 0 Å². The monoisotopic (exact) mass is 316 g/mol. The smallest absolute Gasteiger partial charge is 0.409 e. The summed E-state index contributed by atoms with van der Waals surface area (Å²) in [6.07, 6.45) is 4.62. The van der Waals surface area contributed by atoms with Crippen molar-refractivity contribution in [3.05, 3.63) is 41.5 Å². The first kappa shape index (κ1) is 17.1. The summed E-state index contributed by atoms with van der Waals surface area (Å²) in [5.41, 5.74) is 2.18. The third-order valence-electron chi connectivity index (χ3n) is 3.84. The number of piperidine rings is 1. The van der Waals surface area contributed by atoms with Crippen molar-refractivity contribution in [3.8, 4) is 0 Å². The zero-order valence-corrected chi connectivity index (χ0v) is 13.7. The summed E-state index contributed by atoms with van der Waals surface area (Å²) < 4.78 is 4.98. The molecule has 1 aliphatic rings. The molecule has 2 amide bonds. The quantitative estimate of drug-likeness (QED) is 0.869. The summed E-state index contributed by atoms with van der Waals surface area (Å²) in [5.74, 6) is -0.0962. The topological polar surface area (TPSA) is 58.6 Å². The Balaban J connectivity index is 1.77. The molecule has 0 unspecified atom stereocenters. The van der Waals surface area contributed by atoms with Gasteiger partial charge in [-0.3, -0.25) is 4.79 Å². The Hall–Kier alpha value is -2.30. The van der Waals surface area contributed by atoms with E-state index in [0.717, 1.165) is 18.4 Å². The Labute approximate surface area is 137 Å². The first-order valence-electron chi connectivity index (χ1n) is 8.05. The number of nitrogens with zero attached hydrogens (tertiary/aromatic N) is 1. The second-order valence-corrected chi connectivity index (χ2v) is 5.72. The highest BCUT2D eigenvalue weighted by Gasteiger charge is 2.23. The number of aryl methyl sites for hydroxylation is 1. The number of rotatable bonds is 4. The summed E-state index contributed by atoms with van der Waals surface area (Å²) in [5, 5.41) is 2.99. The van der Waals surface area contributed by atoms with Crippen LogP contribution in [0.15, 0.2) is 30.3 Å². The number of carbonyl (C=O) groups is 2. The molecule has 0 radical (unpaired) electrons. The van der Waals surface area contributed by atoms with E-state index in [9.17, 15) is 9.59 Å². The summed E-state index contributed by atoms with van der Waals surface area (Å²) in [6, 6.07) is 8.10. The van der Waals surface area contributed by atoms with E-state index < -0.39 is 0 Å². The Morgan fingerprint density at radius 2 is 2.09 bits per heavy atom. The molecule has 1 heterocycles. The normalized spacial score (nSPS) is 15.7. The van der Waals surface area contributed by atoms with Gasteiger partial charge in [0, 0.05) is 25.2 Å². The third-order valence-corrected chi connectivity index (χ3v) is 3.84. The third kappa shape index (κ3) is 5.43. The van der Waals surface area contributed by atoms with Gasteiger partial charge in [0.15, 0.2) is 0 Å². The fraction of sp³-hybridized carbons (Fsp3) is 0.444. The maximum atomic E-state index is 12.0. The lowest BCUT2D eigenvalue weighted by Crippen LogP contribution is -2.46. The molecule has 1 N–H and O–H groups in total. The van der Waals surface area contributed by atoms with E-state index in [-0.39, 0.29) is 18.0 Å². The summed E-state index contributed by atoms with van der Waals surface area (Å²) in [6.45, 7) is 5.44. The van der Waals surface area contributed by atoms with Gasteiger partial charge in [0.25, 0.3) is 0 Å². The van der Waals surface area contributed by atoms with E-state index in [4.69, 9.17) is 4.74 Å². The zero-order valence-electron chi connectivity index (χ0n) is 13.7. The fourth-order valence-corrected chi connectivity index (χ4v) is 2.62. The Morgan fingerprint density at radius 1 is 1.35 bits per heavy atom. The summed E-state index contributed by atoms with van der Waals surface area (Å²) >= 11 is 0. The average Bonchev–Trinajstić information content (AvgIpc) is 2.54. The van der Waals surface area contributed by atoms with Crippen molar-refractivity contribution in [2.45, 2.75) is 32.7 Å². The molecule has 0 saturated carbocycles. The minimum atomic E-state index is -0.267. The number of hydrogen-bond acceptors (Lipinski definition) is 3. The van der Waals surface area contributed by atoms with Gasteiger partial charge in [0.2, 0.25) is 5.91 Å². The Morgan fingerprint density at radius 3 is 2.74 bits per heavy atom. The number of benzene rings is 1. The number of nitrogens with one attached hydrogen (secondary N) is 1. The van der Waals surface area contributed by atoms with Gasteiger partial charge in [-0.2, -0.15) is 0 Å². The highest BCUT2D eigenvalue weighted by Crippen LogP contribution is 2.12. The molecule has 1 fully saturated rings. The molecule has 0 spiro atoms. The van der Waals surface area contributed by atoms with E-state index in [2.05, 4.69) is 5.32 Å². The maximum absolute atomic E-state index is 12.0. The van der Waals surface area contributed by atoms with Crippen LogP contribution in [-0.4, -0.2) is 42.6 Å². The molecule has 0 atom stereocenters. The lowest BCUT2D eigenvalue weighted by atomic mass is 10.1. The minimum Gasteiger partial charge on any atom is -0.450 e. The Bertz CT molecular complexity index is 575. The second kappa shape index (κ2) is 8.36. The van der Waals surface area contributed by atoms with Crippen LogP contribution >= 0.6 is 0 Å². The zero-order chi connectivity index (χ0) is 16.7. The van der Waals surface area contributed by atoms with Crippen LogP contribution < -0.4 is 5.32 Å². The fourth-order valence-electron chi connectivity index (χ4n) is 2.62. The average molecular weight is 316 g/mol. The molecule has 2 rings (SSSR count). The molecule has 124 valence electrons. The number of amides is 2. The second-order valence-electron chi connectivity index (χ2n) is 5.72. The van der Waals surface area contributed by atoms with E-state index in [0.29, 0.717) is 19.7 Å². The number of ether oxygens (including phenoxy) is 1. The van der Waals surface area contributed by atoms with Crippen LogP contribution in [0.3, 0.4) is 0 Å². The van der Waals surface area contributed by atoms with Crippen molar-refractivity contribution in [2.24, 2.45) is 0 Å². The lowest BCUT2D eigenvalue weighted by molar-refractivity contribution is -0.117. The molecular formula is C18H24N2O3. The van der Waals surface area contributed by atoms with E-state index >= 15 is 0 Å². The van der Waals surface area contributed by atoms with E-state index in [1.165, 1.54) is 5.56 Å². The predicted octanol–water partition coefficient (Wildman–Crippen LogP) is 2.75. The van der Waals surface area contributed by atoms with Gasteiger partial charge in [0.1, 0.15) is 0 Å². The van der Waals surface area contributed by atoms with Crippen molar-refractivity contribution < 1.29 is 14.3 Å². The highest BCUT2D eigenvalue weighted by molar-refractivity contribution is 5.91. The molecular weight excluding hydrogens is 292 g/mol. The molecule has 5 nitrogen and oxygen atoms in total. The van der Waals surface area contributed by atoms with Crippen LogP contribution in [0.25, 0.3) is 6.08 Å². The van der Waals surface area contributed by atoms with Crippen LogP contribution in [0, 0.1) is 6.92 Å². The van der Waals surface area contributed by atoms with Crippen molar-refractivity contribution in [1.29, 1.82) is 0 Å². The molecule has 1 aromatic rings. The van der Waals surface area contributed by atoms with Crippen molar-refractivity contribution in [2.75, 3.05) is 19.7 Å². The van der Waals surface area contributed by atoms with Gasteiger partial charge in [-0.05, 0) is 38.3 Å². The van der Waals surface area contributed by atoms with Gasteiger partial charge < -0.3 is 15.0 Å². The van der Waals surface area contributed by atoms with E-state index in [1.807, 2.05) is 37.3 Å². The molecule has 23 heavy (non-hydrogen) atoms. The molecule has 1 aromatic carbocycles. The summed E-state index contributed by atoms with van der Waals surface area (Å²) in [4.78, 5) is 25.3. The molecule has 0 bridgehead atoms. The predicted molar refractivity (Wildman–Crippen MR) is 90.0 cm³/mol. The first-order valence-corrected chi connectivity index (χ1v) is 8.05. The number of likely N-dealkylation sites (tertiary alicyclic amines) is 1. The lowest BCUT2D eigenvalue weighted by Gasteiger charge is -2.31. The maximum Gasteiger partial charge on any atom is 0.409 e. The summed E-state index contributed by atoms with van der Waals surface area (Å²) in [7, 11) is 0. The van der Waals surface area contributed by atoms with Gasteiger partial charge >= 0.3 is 6.09 Å². The SMILES string of the molecule is CCOC(=O)N1CCC(NC(=O)/C=C/c2cccc(C)c2)CC1. The van der Waals surface area contributed by atoms with Crippen LogP contribution in [0.2, 0.25) is 0 Å². The van der Waals surface area contributed by atoms with Gasteiger partial charge in [-0.25, -0.2) is 4.79 Å². The molecule has 1 aliphatic heterocycles. The number of hydrogen-bond donors (Lipinski definition) is 1. The highest BCUT2D eigenvalue weighted by atomic mass is 16.6. The van der Waals surface area contributed by atoms with Crippen molar-refractivity contribution >= 4 is 18.1 Å². The molecule has 1 saturated heterocycles. The van der Waals surface area contributed by atoms with Gasteiger partial charge in [-0.1, -0.05) is 29.8 Å². The van der Waals surface area contributed by atoms with Crippen LogP contribution in [0.1, 0.15) is 30.9 Å². The molecule has 5 heteroatoms. The largest absolute Gasteiger partial charge is 0.450 e. The minimum absolute atomic E-state index is 0.0962.